The molecule has 0 bridgehead atoms. The molecule has 1 aromatic rings. The van der Waals surface area contributed by atoms with Gasteiger partial charge in [-0.15, -0.1) is 0 Å². The van der Waals surface area contributed by atoms with Crippen molar-refractivity contribution in [2.24, 2.45) is 17.8 Å². The second kappa shape index (κ2) is 13.9. The van der Waals surface area contributed by atoms with E-state index in [9.17, 15) is 8.78 Å². The zero-order chi connectivity index (χ0) is 23.5. The van der Waals surface area contributed by atoms with Gasteiger partial charge in [0.2, 0.25) is 5.82 Å². The number of ether oxygens (including phenoxy) is 1. The van der Waals surface area contributed by atoms with Crippen molar-refractivity contribution in [2.45, 2.75) is 104 Å². The molecule has 0 saturated heterocycles. The molecule has 0 aromatic heterocycles. The maximum absolute atomic E-state index is 14.7. The molecule has 1 aromatic carbocycles. The monoisotopic (exact) mass is 458 g/mol. The molecule has 2 aliphatic rings. The quantitative estimate of drug-likeness (QED) is 0.224. The Morgan fingerprint density at radius 1 is 0.909 bits per heavy atom. The molecule has 0 amide bonds. The van der Waals surface area contributed by atoms with Crippen molar-refractivity contribution in [2.75, 3.05) is 6.61 Å². The predicted molar refractivity (Wildman–Crippen MR) is 135 cm³/mol. The Bertz CT molecular complexity index is 774. The normalized spacial score (nSPS) is 23.6. The second-order valence-electron chi connectivity index (χ2n) is 10.3. The molecule has 184 valence electrons. The minimum absolute atomic E-state index is 0.0338. The Morgan fingerprint density at radius 3 is 2.30 bits per heavy atom. The van der Waals surface area contributed by atoms with Crippen LogP contribution in [0.3, 0.4) is 0 Å². The van der Waals surface area contributed by atoms with Crippen molar-refractivity contribution >= 4 is 5.57 Å². The van der Waals surface area contributed by atoms with Gasteiger partial charge in [-0.2, -0.15) is 4.39 Å². The van der Waals surface area contributed by atoms with E-state index in [1.165, 1.54) is 57.8 Å². The molecule has 3 rings (SSSR count). The third-order valence-corrected chi connectivity index (χ3v) is 7.84. The van der Waals surface area contributed by atoms with Gasteiger partial charge >= 0.3 is 0 Å². The van der Waals surface area contributed by atoms with Crippen LogP contribution in [0.25, 0.3) is 5.57 Å². The van der Waals surface area contributed by atoms with E-state index < -0.39 is 11.6 Å². The third kappa shape index (κ3) is 7.97. The average Bonchev–Trinajstić information content (AvgIpc) is 2.84. The molecule has 0 radical (unpaired) electrons. The first-order valence-electron chi connectivity index (χ1n) is 13.5. The Hall–Kier alpha value is -1.64. The minimum Gasteiger partial charge on any atom is -0.490 e. The number of rotatable bonds is 12. The lowest BCUT2D eigenvalue weighted by molar-refractivity contribution is 0.236. The fraction of sp³-hybridized carbons (Fsp3) is 0.667. The summed E-state index contributed by atoms with van der Waals surface area (Å²) in [5.74, 6) is 0.975. The molecule has 0 spiro atoms. The summed E-state index contributed by atoms with van der Waals surface area (Å²) >= 11 is 0. The summed E-state index contributed by atoms with van der Waals surface area (Å²) in [6.07, 6.45) is 23.6. The molecule has 1 fully saturated rings. The van der Waals surface area contributed by atoms with Crippen molar-refractivity contribution < 1.29 is 13.5 Å². The van der Waals surface area contributed by atoms with E-state index in [1.54, 1.807) is 12.1 Å². The van der Waals surface area contributed by atoms with Gasteiger partial charge in [-0.1, -0.05) is 70.1 Å². The molecule has 2 aliphatic carbocycles. The van der Waals surface area contributed by atoms with Crippen LogP contribution < -0.4 is 4.74 Å². The van der Waals surface area contributed by atoms with E-state index in [0.717, 1.165) is 49.5 Å². The average molecular weight is 459 g/mol. The number of unbranched alkanes of at least 4 members (excludes halogenated alkanes) is 2. The summed E-state index contributed by atoms with van der Waals surface area (Å²) in [5, 5.41) is 0. The van der Waals surface area contributed by atoms with Crippen LogP contribution >= 0.6 is 0 Å². The van der Waals surface area contributed by atoms with Gasteiger partial charge in [0.15, 0.2) is 11.6 Å². The topological polar surface area (TPSA) is 9.23 Å². The SMILES string of the molecule is CC=CCCCC1CCC(CCC2CC=C(c3ccc(OCCCC)c(F)c3F)CC2)CC1. The van der Waals surface area contributed by atoms with Crippen molar-refractivity contribution in [3.63, 3.8) is 0 Å². The maximum Gasteiger partial charge on any atom is 0.201 e. The van der Waals surface area contributed by atoms with Gasteiger partial charge in [-0.3, -0.25) is 0 Å². The highest BCUT2D eigenvalue weighted by atomic mass is 19.2. The van der Waals surface area contributed by atoms with Gasteiger partial charge in [-0.05, 0) is 87.3 Å². The van der Waals surface area contributed by atoms with Gasteiger partial charge in [0.05, 0.1) is 6.61 Å². The number of allylic oxidation sites excluding steroid dienone is 4. The molecule has 0 N–H and O–H groups in total. The lowest BCUT2D eigenvalue weighted by atomic mass is 9.76. The summed E-state index contributed by atoms with van der Waals surface area (Å²) in [7, 11) is 0. The van der Waals surface area contributed by atoms with Gasteiger partial charge < -0.3 is 4.74 Å². The van der Waals surface area contributed by atoms with Crippen LogP contribution in [0.1, 0.15) is 109 Å². The predicted octanol–water partition coefficient (Wildman–Crippen LogP) is 9.66. The molecular weight excluding hydrogens is 414 g/mol. The van der Waals surface area contributed by atoms with Crippen LogP contribution in [0.5, 0.6) is 5.75 Å². The minimum atomic E-state index is -0.843. The van der Waals surface area contributed by atoms with E-state index in [-0.39, 0.29) is 5.75 Å². The van der Waals surface area contributed by atoms with Crippen LogP contribution in [0, 0.1) is 29.4 Å². The highest BCUT2D eigenvalue weighted by Gasteiger charge is 2.24. The van der Waals surface area contributed by atoms with E-state index >= 15 is 0 Å². The van der Waals surface area contributed by atoms with Crippen molar-refractivity contribution in [1.82, 2.24) is 0 Å². The lowest BCUT2D eigenvalue weighted by Crippen LogP contribution is -2.16. The molecule has 3 heteroatoms. The van der Waals surface area contributed by atoms with Crippen molar-refractivity contribution in [3.05, 3.63) is 47.6 Å². The summed E-state index contributed by atoms with van der Waals surface area (Å²) in [4.78, 5) is 0. The van der Waals surface area contributed by atoms with Crippen LogP contribution in [-0.2, 0) is 0 Å². The number of benzene rings is 1. The third-order valence-electron chi connectivity index (χ3n) is 7.84. The van der Waals surface area contributed by atoms with Gasteiger partial charge in [-0.25, -0.2) is 4.39 Å². The van der Waals surface area contributed by atoms with Crippen LogP contribution in [-0.4, -0.2) is 6.61 Å². The van der Waals surface area contributed by atoms with Crippen molar-refractivity contribution in [1.29, 1.82) is 0 Å². The molecule has 0 heterocycles. The summed E-state index contributed by atoms with van der Waals surface area (Å²) in [5.41, 5.74) is 1.38. The van der Waals surface area contributed by atoms with Gasteiger partial charge in [0.25, 0.3) is 0 Å². The van der Waals surface area contributed by atoms with Crippen molar-refractivity contribution in [3.8, 4) is 5.75 Å². The number of halogens is 2. The number of hydrogen-bond donors (Lipinski definition) is 0. The summed E-state index contributed by atoms with van der Waals surface area (Å²) in [6.45, 7) is 4.58. The molecule has 0 aliphatic heterocycles. The van der Waals surface area contributed by atoms with Crippen LogP contribution in [0.15, 0.2) is 30.4 Å². The Morgan fingerprint density at radius 2 is 1.64 bits per heavy atom. The second-order valence-corrected chi connectivity index (χ2v) is 10.3. The first-order chi connectivity index (χ1) is 16.1. The highest BCUT2D eigenvalue weighted by Crippen LogP contribution is 2.39. The Labute approximate surface area is 200 Å². The van der Waals surface area contributed by atoms with E-state index in [0.29, 0.717) is 18.1 Å². The van der Waals surface area contributed by atoms with Gasteiger partial charge in [0.1, 0.15) is 0 Å². The zero-order valence-corrected chi connectivity index (χ0v) is 20.9. The summed E-state index contributed by atoms with van der Waals surface area (Å²) < 4.78 is 34.5. The smallest absolute Gasteiger partial charge is 0.201 e. The molecule has 1 nitrogen and oxygen atoms in total. The standard InChI is InChI=1S/C30H44F2O/c1-3-5-7-8-9-23-10-12-24(13-11-23)14-15-25-16-18-26(19-17-25)27-20-21-28(30(32)29(27)31)33-22-6-4-2/h3,5,18,20-21,23-25H,4,6-17,19,22H2,1-2H3. The number of hydrogen-bond acceptors (Lipinski definition) is 1. The molecule has 1 atom stereocenters. The fourth-order valence-electron chi connectivity index (χ4n) is 5.58. The van der Waals surface area contributed by atoms with E-state index in [1.807, 2.05) is 6.92 Å². The van der Waals surface area contributed by atoms with Crippen LogP contribution in [0.2, 0.25) is 0 Å². The van der Waals surface area contributed by atoms with Crippen LogP contribution in [0.4, 0.5) is 8.78 Å². The van der Waals surface area contributed by atoms with Gasteiger partial charge in [0, 0.05) is 5.56 Å². The molecule has 33 heavy (non-hydrogen) atoms. The molecule has 1 saturated carbocycles. The molecule has 1 unspecified atom stereocenters. The van der Waals surface area contributed by atoms with E-state index in [2.05, 4.69) is 25.2 Å². The largest absolute Gasteiger partial charge is 0.490 e. The fourth-order valence-corrected chi connectivity index (χ4v) is 5.58. The maximum atomic E-state index is 14.7. The zero-order valence-electron chi connectivity index (χ0n) is 20.9. The Balaban J connectivity index is 1.41. The first-order valence-corrected chi connectivity index (χ1v) is 13.5. The lowest BCUT2D eigenvalue weighted by Gasteiger charge is -2.30. The summed E-state index contributed by atoms with van der Waals surface area (Å²) in [6, 6.07) is 3.29. The molecular formula is C30H44F2O. The van der Waals surface area contributed by atoms with E-state index in [4.69, 9.17) is 4.74 Å². The Kier molecular flexibility index (Phi) is 11.0. The highest BCUT2D eigenvalue weighted by molar-refractivity contribution is 5.67. The first kappa shape index (κ1) is 26.0.